The Hall–Kier alpha value is -1.26. The second-order valence-electron chi connectivity index (χ2n) is 6.23. The maximum absolute atomic E-state index is 13.1. The van der Waals surface area contributed by atoms with E-state index in [1.807, 2.05) is 0 Å². The fourth-order valence-corrected chi connectivity index (χ4v) is 2.97. The molecular weight excluding hydrogens is 267 g/mol. The predicted octanol–water partition coefficient (Wildman–Crippen LogP) is 2.67. The van der Waals surface area contributed by atoms with Gasteiger partial charge in [0, 0.05) is 25.1 Å². The van der Waals surface area contributed by atoms with E-state index < -0.39 is 0 Å². The number of hydrogen-bond acceptors (Lipinski definition) is 3. The first-order chi connectivity index (χ1) is 10.0. The van der Waals surface area contributed by atoms with Gasteiger partial charge in [-0.15, -0.1) is 0 Å². The molecule has 1 saturated heterocycles. The van der Waals surface area contributed by atoms with E-state index in [1.165, 1.54) is 25.0 Å². The Balaban J connectivity index is 1.73. The standard InChI is InChI=1S/C17H25FN2O/c1-19(2)13-14-6-9-20(10-7-14)11-8-17(21)15-4-3-5-16(18)12-15/h3-5,12,14H,6-11,13H2,1-2H3. The highest BCUT2D eigenvalue weighted by Gasteiger charge is 2.20. The number of benzene rings is 1. The molecule has 0 saturated carbocycles. The Kier molecular flexibility index (Phi) is 5.88. The lowest BCUT2D eigenvalue weighted by Crippen LogP contribution is -2.38. The van der Waals surface area contributed by atoms with Crippen LogP contribution in [0.3, 0.4) is 0 Å². The van der Waals surface area contributed by atoms with E-state index in [0.717, 1.165) is 32.1 Å². The number of Topliss-reactive ketones (excluding diaryl/α,β-unsaturated/α-hetero) is 1. The van der Waals surface area contributed by atoms with Gasteiger partial charge in [0.1, 0.15) is 5.82 Å². The van der Waals surface area contributed by atoms with Gasteiger partial charge in [-0.1, -0.05) is 12.1 Å². The van der Waals surface area contributed by atoms with E-state index in [4.69, 9.17) is 0 Å². The van der Waals surface area contributed by atoms with Crippen LogP contribution in [-0.2, 0) is 0 Å². The van der Waals surface area contributed by atoms with Crippen molar-refractivity contribution >= 4 is 5.78 Å². The lowest BCUT2D eigenvalue weighted by atomic mass is 9.96. The molecule has 0 atom stereocenters. The summed E-state index contributed by atoms with van der Waals surface area (Å²) in [6.07, 6.45) is 2.88. The van der Waals surface area contributed by atoms with Crippen LogP contribution < -0.4 is 0 Å². The molecule has 0 aliphatic carbocycles. The zero-order valence-corrected chi connectivity index (χ0v) is 13.0. The predicted molar refractivity (Wildman–Crippen MR) is 83.1 cm³/mol. The molecule has 3 nitrogen and oxygen atoms in total. The zero-order chi connectivity index (χ0) is 15.2. The monoisotopic (exact) mass is 292 g/mol. The molecule has 0 aromatic heterocycles. The number of nitrogens with zero attached hydrogens (tertiary/aromatic N) is 2. The quantitative estimate of drug-likeness (QED) is 0.753. The highest BCUT2D eigenvalue weighted by atomic mass is 19.1. The number of carbonyl (C=O) groups is 1. The van der Waals surface area contributed by atoms with Gasteiger partial charge in [-0.05, 0) is 58.1 Å². The Labute approximate surface area is 126 Å². The molecule has 4 heteroatoms. The molecule has 1 aromatic rings. The maximum Gasteiger partial charge on any atom is 0.164 e. The summed E-state index contributed by atoms with van der Waals surface area (Å²) in [6.45, 7) is 4.06. The molecule has 0 spiro atoms. The van der Waals surface area contributed by atoms with Gasteiger partial charge in [-0.25, -0.2) is 4.39 Å². The molecule has 1 fully saturated rings. The average Bonchev–Trinajstić information content (AvgIpc) is 2.45. The van der Waals surface area contributed by atoms with Crippen LogP contribution in [0, 0.1) is 11.7 Å². The van der Waals surface area contributed by atoms with Crippen LogP contribution in [0.2, 0.25) is 0 Å². The molecule has 0 radical (unpaired) electrons. The van der Waals surface area contributed by atoms with Crippen LogP contribution in [0.4, 0.5) is 4.39 Å². The fraction of sp³-hybridized carbons (Fsp3) is 0.588. The minimum atomic E-state index is -0.342. The van der Waals surface area contributed by atoms with Crippen molar-refractivity contribution in [2.75, 3.05) is 40.3 Å². The van der Waals surface area contributed by atoms with Crippen molar-refractivity contribution < 1.29 is 9.18 Å². The first-order valence-electron chi connectivity index (χ1n) is 7.70. The Morgan fingerprint density at radius 3 is 2.67 bits per heavy atom. The van der Waals surface area contributed by atoms with Crippen LogP contribution >= 0.6 is 0 Å². The fourth-order valence-electron chi connectivity index (χ4n) is 2.97. The molecule has 0 N–H and O–H groups in total. The topological polar surface area (TPSA) is 23.6 Å². The first kappa shape index (κ1) is 16.1. The molecule has 1 aliphatic rings. The number of carbonyl (C=O) groups excluding carboxylic acids is 1. The summed E-state index contributed by atoms with van der Waals surface area (Å²) in [4.78, 5) is 16.6. The summed E-state index contributed by atoms with van der Waals surface area (Å²) in [5, 5.41) is 0. The molecule has 1 aromatic carbocycles. The number of hydrogen-bond donors (Lipinski definition) is 0. The van der Waals surface area contributed by atoms with Gasteiger partial charge in [0.05, 0.1) is 0 Å². The lowest BCUT2D eigenvalue weighted by molar-refractivity contribution is 0.0946. The summed E-state index contributed by atoms with van der Waals surface area (Å²) < 4.78 is 13.1. The van der Waals surface area contributed by atoms with E-state index in [1.54, 1.807) is 12.1 Å². The average molecular weight is 292 g/mol. The number of ketones is 1. The first-order valence-corrected chi connectivity index (χ1v) is 7.70. The summed E-state index contributed by atoms with van der Waals surface area (Å²) >= 11 is 0. The van der Waals surface area contributed by atoms with Crippen molar-refractivity contribution in [1.29, 1.82) is 0 Å². The van der Waals surface area contributed by atoms with E-state index >= 15 is 0 Å². The van der Waals surface area contributed by atoms with E-state index in [9.17, 15) is 9.18 Å². The second kappa shape index (κ2) is 7.66. The number of rotatable bonds is 6. The third-order valence-electron chi connectivity index (χ3n) is 4.13. The van der Waals surface area contributed by atoms with Crippen LogP contribution in [0.15, 0.2) is 24.3 Å². The summed E-state index contributed by atoms with van der Waals surface area (Å²) in [5.41, 5.74) is 0.484. The van der Waals surface area contributed by atoms with Gasteiger partial charge in [-0.2, -0.15) is 0 Å². The molecule has 1 aliphatic heterocycles. The van der Waals surface area contributed by atoms with Crippen LogP contribution in [0.25, 0.3) is 0 Å². The molecule has 116 valence electrons. The molecule has 0 bridgehead atoms. The van der Waals surface area contributed by atoms with Crippen molar-refractivity contribution in [3.05, 3.63) is 35.6 Å². The summed E-state index contributed by atoms with van der Waals surface area (Å²) in [7, 11) is 4.23. The highest BCUT2D eigenvalue weighted by molar-refractivity contribution is 5.96. The number of likely N-dealkylation sites (tertiary alicyclic amines) is 1. The van der Waals surface area contributed by atoms with Gasteiger partial charge in [-0.3, -0.25) is 4.79 Å². The van der Waals surface area contributed by atoms with Gasteiger partial charge in [0.2, 0.25) is 0 Å². The third kappa shape index (κ3) is 5.21. The molecule has 21 heavy (non-hydrogen) atoms. The minimum absolute atomic E-state index is 0.0323. The number of piperidine rings is 1. The Morgan fingerprint density at radius 1 is 1.33 bits per heavy atom. The van der Waals surface area contributed by atoms with Gasteiger partial charge in [0.15, 0.2) is 5.78 Å². The zero-order valence-electron chi connectivity index (χ0n) is 13.0. The van der Waals surface area contributed by atoms with Crippen LogP contribution in [-0.4, -0.2) is 55.9 Å². The Morgan fingerprint density at radius 2 is 2.05 bits per heavy atom. The molecular formula is C17H25FN2O. The molecule has 0 unspecified atom stereocenters. The number of halogens is 1. The lowest BCUT2D eigenvalue weighted by Gasteiger charge is -2.33. The molecule has 2 rings (SSSR count). The Bertz CT molecular complexity index is 468. The molecule has 1 heterocycles. The summed E-state index contributed by atoms with van der Waals surface area (Å²) in [5.74, 6) is 0.463. The highest BCUT2D eigenvalue weighted by Crippen LogP contribution is 2.18. The SMILES string of the molecule is CN(C)CC1CCN(CCC(=O)c2cccc(F)c2)CC1. The van der Waals surface area contributed by atoms with Crippen molar-refractivity contribution in [2.45, 2.75) is 19.3 Å². The normalized spacial score (nSPS) is 17.3. The third-order valence-corrected chi connectivity index (χ3v) is 4.13. The minimum Gasteiger partial charge on any atom is -0.309 e. The van der Waals surface area contributed by atoms with Crippen LogP contribution in [0.5, 0.6) is 0 Å². The van der Waals surface area contributed by atoms with E-state index in [2.05, 4.69) is 23.9 Å². The van der Waals surface area contributed by atoms with Crippen molar-refractivity contribution in [1.82, 2.24) is 9.80 Å². The smallest absolute Gasteiger partial charge is 0.164 e. The van der Waals surface area contributed by atoms with Crippen molar-refractivity contribution in [2.24, 2.45) is 5.92 Å². The maximum atomic E-state index is 13.1. The largest absolute Gasteiger partial charge is 0.309 e. The van der Waals surface area contributed by atoms with Crippen LogP contribution in [0.1, 0.15) is 29.6 Å². The van der Waals surface area contributed by atoms with Gasteiger partial charge >= 0.3 is 0 Å². The second-order valence-corrected chi connectivity index (χ2v) is 6.23. The summed E-state index contributed by atoms with van der Waals surface area (Å²) in [6, 6.07) is 5.97. The van der Waals surface area contributed by atoms with Gasteiger partial charge in [0.25, 0.3) is 0 Å². The molecule has 0 amide bonds. The van der Waals surface area contributed by atoms with E-state index in [-0.39, 0.29) is 11.6 Å². The van der Waals surface area contributed by atoms with E-state index in [0.29, 0.717) is 12.0 Å². The van der Waals surface area contributed by atoms with Crippen molar-refractivity contribution in [3.63, 3.8) is 0 Å². The van der Waals surface area contributed by atoms with Crippen molar-refractivity contribution in [3.8, 4) is 0 Å². The van der Waals surface area contributed by atoms with Gasteiger partial charge < -0.3 is 9.80 Å².